The summed E-state index contributed by atoms with van der Waals surface area (Å²) in [5, 5.41) is 4.02. The Labute approximate surface area is 127 Å². The molecule has 0 unspecified atom stereocenters. The van der Waals surface area contributed by atoms with Crippen LogP contribution in [0.15, 0.2) is 12.3 Å². The van der Waals surface area contributed by atoms with E-state index in [0.717, 1.165) is 31.7 Å². The third-order valence-corrected chi connectivity index (χ3v) is 3.50. The molecule has 0 aromatic carbocycles. The first-order valence-electron chi connectivity index (χ1n) is 7.29. The molecule has 1 aromatic rings. The van der Waals surface area contributed by atoms with Crippen molar-refractivity contribution in [1.82, 2.24) is 15.2 Å². The molecule has 0 aliphatic rings. The van der Waals surface area contributed by atoms with Gasteiger partial charge in [-0.25, -0.2) is 4.98 Å². The van der Waals surface area contributed by atoms with E-state index in [1.165, 1.54) is 0 Å². The van der Waals surface area contributed by atoms with Gasteiger partial charge in [0.15, 0.2) is 0 Å². The van der Waals surface area contributed by atoms with Gasteiger partial charge in [0.25, 0.3) is 0 Å². The Bertz CT molecular complexity index is 395. The number of aromatic nitrogens is 1. The van der Waals surface area contributed by atoms with Crippen LogP contribution in [0.25, 0.3) is 0 Å². The minimum atomic E-state index is 0.422. The smallest absolute Gasteiger partial charge is 0.213 e. The second-order valence-corrected chi connectivity index (χ2v) is 5.43. The molecule has 114 valence electrons. The number of hydrogen-bond donors (Lipinski definition) is 1. The van der Waals surface area contributed by atoms with E-state index < -0.39 is 0 Å². The molecule has 5 heteroatoms. The summed E-state index contributed by atoms with van der Waals surface area (Å²) in [5.41, 5.74) is 1.02. The van der Waals surface area contributed by atoms with Crippen LogP contribution in [0.3, 0.4) is 0 Å². The summed E-state index contributed by atoms with van der Waals surface area (Å²) in [4.78, 5) is 6.53. The predicted molar refractivity (Wildman–Crippen MR) is 84.5 cm³/mol. The topological polar surface area (TPSA) is 37.4 Å². The van der Waals surface area contributed by atoms with Crippen LogP contribution in [0, 0.1) is 0 Å². The van der Waals surface area contributed by atoms with Crippen LogP contribution < -0.4 is 10.1 Å². The van der Waals surface area contributed by atoms with Crippen molar-refractivity contribution >= 4 is 11.6 Å². The van der Waals surface area contributed by atoms with Crippen molar-refractivity contribution in [2.75, 3.05) is 26.2 Å². The molecule has 0 saturated carbocycles. The average molecular weight is 300 g/mol. The lowest BCUT2D eigenvalue weighted by atomic mass is 10.2. The van der Waals surface area contributed by atoms with Gasteiger partial charge in [-0.1, -0.05) is 39.3 Å². The molecule has 1 rings (SSSR count). The van der Waals surface area contributed by atoms with Gasteiger partial charge >= 0.3 is 0 Å². The second kappa shape index (κ2) is 9.16. The first kappa shape index (κ1) is 17.2. The van der Waals surface area contributed by atoms with Gasteiger partial charge in [0.05, 0.1) is 5.02 Å². The molecule has 1 aromatic heterocycles. The summed E-state index contributed by atoms with van der Waals surface area (Å²) in [6, 6.07) is 2.34. The van der Waals surface area contributed by atoms with Gasteiger partial charge in [-0.2, -0.15) is 0 Å². The maximum absolute atomic E-state index is 6.14. The van der Waals surface area contributed by atoms with Gasteiger partial charge in [-0.15, -0.1) is 0 Å². The first-order valence-corrected chi connectivity index (χ1v) is 7.67. The lowest BCUT2D eigenvalue weighted by molar-refractivity contribution is 0.218. The Hall–Kier alpha value is -0.840. The Morgan fingerprint density at radius 2 is 2.05 bits per heavy atom. The van der Waals surface area contributed by atoms with Gasteiger partial charge in [-0.3, -0.25) is 0 Å². The van der Waals surface area contributed by atoms with E-state index in [2.05, 4.69) is 42.9 Å². The highest BCUT2D eigenvalue weighted by Crippen LogP contribution is 2.19. The van der Waals surface area contributed by atoms with E-state index >= 15 is 0 Å². The monoisotopic (exact) mass is 299 g/mol. The minimum Gasteiger partial charge on any atom is -0.476 e. The van der Waals surface area contributed by atoms with Crippen molar-refractivity contribution in [3.63, 3.8) is 0 Å². The van der Waals surface area contributed by atoms with E-state index in [-0.39, 0.29) is 0 Å². The Kier molecular flexibility index (Phi) is 7.88. The largest absolute Gasteiger partial charge is 0.476 e. The molecule has 0 bridgehead atoms. The molecule has 0 atom stereocenters. The fourth-order valence-corrected chi connectivity index (χ4v) is 1.98. The number of ether oxygens (including phenoxy) is 1. The second-order valence-electron chi connectivity index (χ2n) is 5.02. The number of nitrogens with one attached hydrogen (secondary N) is 1. The maximum Gasteiger partial charge on any atom is 0.213 e. The summed E-state index contributed by atoms with van der Waals surface area (Å²) in [6.45, 7) is 12.9. The first-order chi connectivity index (χ1) is 9.56. The number of nitrogens with zero attached hydrogens (tertiary/aromatic N) is 2. The van der Waals surface area contributed by atoms with Gasteiger partial charge in [0.1, 0.15) is 6.61 Å². The van der Waals surface area contributed by atoms with Gasteiger partial charge < -0.3 is 15.0 Å². The molecule has 0 radical (unpaired) electrons. The van der Waals surface area contributed by atoms with E-state index in [1.54, 1.807) is 6.20 Å². The van der Waals surface area contributed by atoms with Gasteiger partial charge in [0, 0.05) is 31.4 Å². The quantitative estimate of drug-likeness (QED) is 0.761. The van der Waals surface area contributed by atoms with Crippen LogP contribution in [0.5, 0.6) is 5.88 Å². The number of likely N-dealkylation sites (N-methyl/N-ethyl adjacent to an activating group) is 1. The van der Waals surface area contributed by atoms with Crippen LogP contribution in [-0.4, -0.2) is 42.2 Å². The number of pyridine rings is 1. The average Bonchev–Trinajstić information content (AvgIpc) is 2.43. The molecule has 20 heavy (non-hydrogen) atoms. The SMILES string of the molecule is CCN(CC)CCOc1cc(CNC(C)C)c(Cl)cn1. The lowest BCUT2D eigenvalue weighted by Gasteiger charge is -2.18. The highest BCUT2D eigenvalue weighted by molar-refractivity contribution is 6.31. The normalized spacial score (nSPS) is 11.3. The fourth-order valence-electron chi connectivity index (χ4n) is 1.81. The molecule has 0 fully saturated rings. The van der Waals surface area contributed by atoms with Crippen molar-refractivity contribution in [2.45, 2.75) is 40.3 Å². The van der Waals surface area contributed by atoms with Crippen LogP contribution in [0.4, 0.5) is 0 Å². The Morgan fingerprint density at radius 1 is 1.35 bits per heavy atom. The van der Waals surface area contributed by atoms with Crippen LogP contribution in [0.2, 0.25) is 5.02 Å². The van der Waals surface area contributed by atoms with Crippen molar-refractivity contribution in [3.8, 4) is 5.88 Å². The fraction of sp³-hybridized carbons (Fsp3) is 0.667. The summed E-state index contributed by atoms with van der Waals surface area (Å²) in [6.07, 6.45) is 1.66. The number of hydrogen-bond acceptors (Lipinski definition) is 4. The summed E-state index contributed by atoms with van der Waals surface area (Å²) in [7, 11) is 0. The molecule has 0 aliphatic carbocycles. The summed E-state index contributed by atoms with van der Waals surface area (Å²) in [5.74, 6) is 0.641. The molecule has 0 amide bonds. The molecule has 1 N–H and O–H groups in total. The van der Waals surface area contributed by atoms with Crippen LogP contribution in [0.1, 0.15) is 33.3 Å². The van der Waals surface area contributed by atoms with Crippen molar-refractivity contribution in [1.29, 1.82) is 0 Å². The third-order valence-electron chi connectivity index (χ3n) is 3.16. The molecule has 1 heterocycles. The van der Waals surface area contributed by atoms with E-state index in [9.17, 15) is 0 Å². The molecule has 0 saturated heterocycles. The third kappa shape index (κ3) is 6.07. The van der Waals surface area contributed by atoms with Gasteiger partial charge in [0.2, 0.25) is 5.88 Å². The Balaban J connectivity index is 2.52. The predicted octanol–water partition coefficient (Wildman–Crippen LogP) is 2.95. The van der Waals surface area contributed by atoms with E-state index in [1.807, 2.05) is 6.07 Å². The minimum absolute atomic E-state index is 0.422. The lowest BCUT2D eigenvalue weighted by Crippen LogP contribution is -2.28. The maximum atomic E-state index is 6.14. The van der Waals surface area contributed by atoms with E-state index in [0.29, 0.717) is 23.6 Å². The molecular weight excluding hydrogens is 274 g/mol. The van der Waals surface area contributed by atoms with Crippen LogP contribution >= 0.6 is 11.6 Å². The molecule has 0 spiro atoms. The molecule has 4 nitrogen and oxygen atoms in total. The van der Waals surface area contributed by atoms with Crippen molar-refractivity contribution in [2.24, 2.45) is 0 Å². The highest BCUT2D eigenvalue weighted by atomic mass is 35.5. The summed E-state index contributed by atoms with van der Waals surface area (Å²) >= 11 is 6.14. The zero-order valence-electron chi connectivity index (χ0n) is 12.9. The Morgan fingerprint density at radius 3 is 2.65 bits per heavy atom. The molecular formula is C15H26ClN3O. The van der Waals surface area contributed by atoms with Crippen LogP contribution in [-0.2, 0) is 6.54 Å². The number of halogens is 1. The zero-order valence-corrected chi connectivity index (χ0v) is 13.7. The summed E-state index contributed by atoms with van der Waals surface area (Å²) < 4.78 is 5.70. The van der Waals surface area contributed by atoms with Crippen molar-refractivity contribution in [3.05, 3.63) is 22.8 Å². The van der Waals surface area contributed by atoms with Gasteiger partial charge in [-0.05, 0) is 18.7 Å². The molecule has 0 aliphatic heterocycles. The van der Waals surface area contributed by atoms with E-state index in [4.69, 9.17) is 16.3 Å². The van der Waals surface area contributed by atoms with Crippen molar-refractivity contribution < 1.29 is 4.74 Å². The highest BCUT2D eigenvalue weighted by Gasteiger charge is 2.06. The zero-order chi connectivity index (χ0) is 15.0. The standard InChI is InChI=1S/C15H26ClN3O/c1-5-19(6-2)7-8-20-15-9-13(10-17-12(3)4)14(16)11-18-15/h9,11-12,17H,5-8,10H2,1-4H3. The number of rotatable bonds is 9.